The van der Waals surface area contributed by atoms with Gasteiger partial charge in [-0.05, 0) is 31.0 Å². The van der Waals surface area contributed by atoms with Crippen LogP contribution in [0.25, 0.3) is 0 Å². The Balaban J connectivity index is 1.99. The van der Waals surface area contributed by atoms with E-state index >= 15 is 0 Å². The van der Waals surface area contributed by atoms with E-state index in [1.807, 2.05) is 11.8 Å². The van der Waals surface area contributed by atoms with Crippen molar-refractivity contribution in [1.29, 1.82) is 0 Å². The highest BCUT2D eigenvalue weighted by Crippen LogP contribution is 2.21. The van der Waals surface area contributed by atoms with E-state index in [1.54, 1.807) is 38.0 Å². The summed E-state index contributed by atoms with van der Waals surface area (Å²) in [7, 11) is -2.01. The van der Waals surface area contributed by atoms with Crippen LogP contribution in [0.1, 0.15) is 36.2 Å². The van der Waals surface area contributed by atoms with Crippen molar-refractivity contribution in [3.05, 3.63) is 29.3 Å². The molecule has 1 N–H and O–H groups in total. The predicted octanol–water partition coefficient (Wildman–Crippen LogP) is 0.936. The number of carbonyl (C=O) groups excluding carboxylic acids is 2. The smallest absolute Gasteiger partial charge is 0.254 e. The van der Waals surface area contributed by atoms with Gasteiger partial charge in [0.05, 0.1) is 11.4 Å². The molecule has 0 unspecified atom stereocenters. The molecule has 1 aromatic carbocycles. The lowest BCUT2D eigenvalue weighted by molar-refractivity contribution is -0.122. The topological polar surface area (TPSA) is 99.3 Å². The summed E-state index contributed by atoms with van der Waals surface area (Å²) in [5.41, 5.74) is 1.15. The standard InChI is InChI=1S/C22H36N4O5S/c1-5-26(6-2)32(29,30)19-9-8-18(3)20(16-19)22(28)25-13-11-24(12-14-25)17-21(27)23-10-7-15-31-4/h8-9,16H,5-7,10-15,17H2,1-4H3,(H,23,27). The minimum absolute atomic E-state index is 0.0361. The number of benzene rings is 1. The van der Waals surface area contributed by atoms with Crippen molar-refractivity contribution in [1.82, 2.24) is 19.4 Å². The minimum Gasteiger partial charge on any atom is -0.385 e. The third-order valence-electron chi connectivity index (χ3n) is 5.66. The molecule has 1 aromatic rings. The third kappa shape index (κ3) is 6.74. The normalized spacial score (nSPS) is 15.2. The molecule has 1 saturated heterocycles. The average Bonchev–Trinajstić information content (AvgIpc) is 2.77. The lowest BCUT2D eigenvalue weighted by atomic mass is 10.1. The Labute approximate surface area is 191 Å². The second-order valence-corrected chi connectivity index (χ2v) is 9.77. The Morgan fingerprint density at radius 2 is 1.78 bits per heavy atom. The van der Waals surface area contributed by atoms with Gasteiger partial charge in [-0.15, -0.1) is 0 Å². The van der Waals surface area contributed by atoms with E-state index < -0.39 is 10.0 Å². The van der Waals surface area contributed by atoms with Crippen LogP contribution in [-0.2, 0) is 19.6 Å². The van der Waals surface area contributed by atoms with Crippen molar-refractivity contribution in [2.45, 2.75) is 32.1 Å². The summed E-state index contributed by atoms with van der Waals surface area (Å²) in [6.07, 6.45) is 0.771. The van der Waals surface area contributed by atoms with Crippen LogP contribution in [0.5, 0.6) is 0 Å². The summed E-state index contributed by atoms with van der Waals surface area (Å²) < 4.78 is 32.1. The van der Waals surface area contributed by atoms with Crippen LogP contribution in [0.2, 0.25) is 0 Å². The maximum Gasteiger partial charge on any atom is 0.254 e. The number of carbonyl (C=O) groups is 2. The fourth-order valence-electron chi connectivity index (χ4n) is 3.69. The molecule has 0 bridgehead atoms. The van der Waals surface area contributed by atoms with Crippen LogP contribution in [0.15, 0.2) is 23.1 Å². The molecule has 2 amide bonds. The number of piperazine rings is 1. The molecule has 0 aliphatic carbocycles. The molecule has 9 nitrogen and oxygen atoms in total. The van der Waals surface area contributed by atoms with E-state index in [0.717, 1.165) is 12.0 Å². The molecular formula is C22H36N4O5S. The first-order chi connectivity index (χ1) is 15.2. The first kappa shape index (κ1) is 26.2. The Morgan fingerprint density at radius 3 is 2.38 bits per heavy atom. The Hall–Kier alpha value is -2.01. The number of hydrogen-bond donors (Lipinski definition) is 1. The first-order valence-electron chi connectivity index (χ1n) is 11.1. The van der Waals surface area contributed by atoms with Crippen LogP contribution >= 0.6 is 0 Å². The van der Waals surface area contributed by atoms with E-state index in [2.05, 4.69) is 5.32 Å². The quantitative estimate of drug-likeness (QED) is 0.485. The maximum absolute atomic E-state index is 13.1. The molecule has 1 aliphatic heterocycles. The fourth-order valence-corrected chi connectivity index (χ4v) is 5.17. The molecule has 0 saturated carbocycles. The van der Waals surface area contributed by atoms with E-state index in [0.29, 0.717) is 64.5 Å². The number of rotatable bonds is 11. The zero-order valence-corrected chi connectivity index (χ0v) is 20.4. The lowest BCUT2D eigenvalue weighted by Gasteiger charge is -2.34. The van der Waals surface area contributed by atoms with Crippen molar-refractivity contribution >= 4 is 21.8 Å². The van der Waals surface area contributed by atoms with Gasteiger partial charge in [0, 0.05) is 65.1 Å². The molecule has 0 spiro atoms. The van der Waals surface area contributed by atoms with Crippen molar-refractivity contribution in [2.24, 2.45) is 0 Å². The molecule has 1 aliphatic rings. The predicted molar refractivity (Wildman–Crippen MR) is 123 cm³/mol. The molecular weight excluding hydrogens is 432 g/mol. The monoisotopic (exact) mass is 468 g/mol. The van der Waals surface area contributed by atoms with E-state index in [1.165, 1.54) is 10.4 Å². The highest BCUT2D eigenvalue weighted by Gasteiger charge is 2.27. The molecule has 0 radical (unpaired) electrons. The number of nitrogens with zero attached hydrogens (tertiary/aromatic N) is 3. The highest BCUT2D eigenvalue weighted by atomic mass is 32.2. The van der Waals surface area contributed by atoms with Crippen LogP contribution in [0.3, 0.4) is 0 Å². The average molecular weight is 469 g/mol. The number of aryl methyl sites for hydroxylation is 1. The van der Waals surface area contributed by atoms with E-state index in [-0.39, 0.29) is 16.7 Å². The highest BCUT2D eigenvalue weighted by molar-refractivity contribution is 7.89. The summed E-state index contributed by atoms with van der Waals surface area (Å²) in [6, 6.07) is 4.74. The molecule has 0 atom stereocenters. The van der Waals surface area contributed by atoms with Gasteiger partial charge < -0.3 is 15.0 Å². The van der Waals surface area contributed by atoms with Crippen molar-refractivity contribution in [3.63, 3.8) is 0 Å². The number of ether oxygens (including phenoxy) is 1. The number of sulfonamides is 1. The van der Waals surface area contributed by atoms with Crippen molar-refractivity contribution in [2.75, 3.05) is 66.1 Å². The van der Waals surface area contributed by atoms with Gasteiger partial charge >= 0.3 is 0 Å². The number of hydrogen-bond acceptors (Lipinski definition) is 6. The molecule has 1 heterocycles. The van der Waals surface area contributed by atoms with Gasteiger partial charge in [0.1, 0.15) is 0 Å². The van der Waals surface area contributed by atoms with Gasteiger partial charge in [0.2, 0.25) is 15.9 Å². The fraction of sp³-hybridized carbons (Fsp3) is 0.636. The van der Waals surface area contributed by atoms with Crippen LogP contribution in [0.4, 0.5) is 0 Å². The Morgan fingerprint density at radius 1 is 1.12 bits per heavy atom. The van der Waals surface area contributed by atoms with E-state index in [9.17, 15) is 18.0 Å². The van der Waals surface area contributed by atoms with Gasteiger partial charge in [-0.1, -0.05) is 19.9 Å². The largest absolute Gasteiger partial charge is 0.385 e. The third-order valence-corrected chi connectivity index (χ3v) is 7.70. The van der Waals surface area contributed by atoms with Crippen LogP contribution in [0, 0.1) is 6.92 Å². The second-order valence-electron chi connectivity index (χ2n) is 7.83. The molecule has 180 valence electrons. The molecule has 2 rings (SSSR count). The number of methoxy groups -OCH3 is 1. The van der Waals surface area contributed by atoms with Gasteiger partial charge in [0.15, 0.2) is 0 Å². The second kappa shape index (κ2) is 12.3. The number of nitrogens with one attached hydrogen (secondary N) is 1. The Kier molecular flexibility index (Phi) is 10.1. The van der Waals surface area contributed by atoms with E-state index in [4.69, 9.17) is 4.74 Å². The van der Waals surface area contributed by atoms with Crippen molar-refractivity contribution in [3.8, 4) is 0 Å². The summed E-state index contributed by atoms with van der Waals surface area (Å²) in [6.45, 7) is 9.79. The van der Waals surface area contributed by atoms with Crippen LogP contribution in [-0.4, -0.2) is 100 Å². The van der Waals surface area contributed by atoms with Gasteiger partial charge in [-0.2, -0.15) is 4.31 Å². The maximum atomic E-state index is 13.1. The summed E-state index contributed by atoms with van der Waals surface area (Å²) in [5.74, 6) is -0.214. The Bertz CT molecular complexity index is 878. The zero-order chi connectivity index (χ0) is 23.7. The summed E-state index contributed by atoms with van der Waals surface area (Å²) in [4.78, 5) is 29.1. The molecule has 0 aromatic heterocycles. The van der Waals surface area contributed by atoms with Gasteiger partial charge in [-0.25, -0.2) is 8.42 Å². The first-order valence-corrected chi connectivity index (χ1v) is 12.6. The molecule has 32 heavy (non-hydrogen) atoms. The molecule has 10 heteroatoms. The van der Waals surface area contributed by atoms with Crippen molar-refractivity contribution < 1.29 is 22.7 Å². The molecule has 1 fully saturated rings. The number of amides is 2. The summed E-state index contributed by atoms with van der Waals surface area (Å²) >= 11 is 0. The lowest BCUT2D eigenvalue weighted by Crippen LogP contribution is -2.51. The minimum atomic E-state index is -3.64. The van der Waals surface area contributed by atoms with Gasteiger partial charge in [0.25, 0.3) is 5.91 Å². The van der Waals surface area contributed by atoms with Crippen LogP contribution < -0.4 is 5.32 Å². The van der Waals surface area contributed by atoms with Gasteiger partial charge in [-0.3, -0.25) is 14.5 Å². The summed E-state index contributed by atoms with van der Waals surface area (Å²) in [5, 5.41) is 2.87. The SMILES string of the molecule is CCN(CC)S(=O)(=O)c1ccc(C)c(C(=O)N2CCN(CC(=O)NCCCOC)CC2)c1. The zero-order valence-electron chi connectivity index (χ0n) is 19.6.